The van der Waals surface area contributed by atoms with Crippen molar-refractivity contribution >= 4 is 34.6 Å². The maximum absolute atomic E-state index is 12.6. The van der Waals surface area contributed by atoms with Gasteiger partial charge in [-0.25, -0.2) is 4.79 Å². The number of hydrogen-bond donors (Lipinski definition) is 0. The highest BCUT2D eigenvalue weighted by Crippen LogP contribution is 2.54. The van der Waals surface area contributed by atoms with Gasteiger partial charge in [-0.3, -0.25) is 0 Å². The first-order valence-electron chi connectivity index (χ1n) is 14.1. The van der Waals surface area contributed by atoms with Crippen molar-refractivity contribution < 1.29 is 14.3 Å². The fourth-order valence-corrected chi connectivity index (χ4v) is 10.5. The molecular weight excluding hydrogens is 529 g/mol. The number of benzene rings is 4. The molecule has 0 unspecified atom stereocenters. The van der Waals surface area contributed by atoms with E-state index in [4.69, 9.17) is 9.47 Å². The van der Waals surface area contributed by atoms with Gasteiger partial charge in [0.2, 0.25) is 0 Å². The molecule has 1 heterocycles. The first-order chi connectivity index (χ1) is 19.6. The molecule has 0 bridgehead atoms. The van der Waals surface area contributed by atoms with E-state index in [1.165, 1.54) is 21.2 Å². The van der Waals surface area contributed by atoms with Crippen LogP contribution in [0.2, 0.25) is 0 Å². The summed E-state index contributed by atoms with van der Waals surface area (Å²) >= 11 is 0. The molecular formula is C35H38NO4P. The Labute approximate surface area is 244 Å². The highest BCUT2D eigenvalue weighted by Gasteiger charge is 2.47. The number of carbonyl (C=O) groups excluding carboxylic acids is 1. The first-order valence-corrected chi connectivity index (χ1v) is 15.9. The predicted octanol–water partition coefficient (Wildman–Crippen LogP) is 6.48. The van der Waals surface area contributed by atoms with Gasteiger partial charge in [-0.05, 0) is 81.8 Å². The van der Waals surface area contributed by atoms with Gasteiger partial charge < -0.3 is 19.7 Å². The van der Waals surface area contributed by atoms with Crippen molar-refractivity contribution in [3.63, 3.8) is 0 Å². The van der Waals surface area contributed by atoms with Crippen LogP contribution in [0.5, 0.6) is 0 Å². The molecule has 1 fully saturated rings. The van der Waals surface area contributed by atoms with E-state index in [1.807, 2.05) is 39.8 Å². The van der Waals surface area contributed by atoms with Gasteiger partial charge in [-0.15, -0.1) is 0 Å². The fraction of sp³-hybridized carbons (Fsp3) is 0.286. The Hall–Kier alpha value is -3.50. The molecule has 0 amide bonds. The molecule has 212 valence electrons. The molecule has 0 saturated carbocycles. The molecule has 41 heavy (non-hydrogen) atoms. The molecule has 0 aromatic heterocycles. The zero-order chi connectivity index (χ0) is 29.1. The highest BCUT2D eigenvalue weighted by atomic mass is 31.2. The van der Waals surface area contributed by atoms with Crippen LogP contribution in [0, 0.1) is 5.21 Å². The summed E-state index contributed by atoms with van der Waals surface area (Å²) in [5.41, 5.74) is -0.351. The van der Waals surface area contributed by atoms with Crippen molar-refractivity contribution in [1.82, 2.24) is 5.06 Å². The van der Waals surface area contributed by atoms with Crippen molar-refractivity contribution in [2.45, 2.75) is 64.3 Å². The predicted molar refractivity (Wildman–Crippen MR) is 169 cm³/mol. The monoisotopic (exact) mass is 567 g/mol. The Morgan fingerprint density at radius 1 is 0.707 bits per heavy atom. The summed E-state index contributed by atoms with van der Waals surface area (Å²) in [6.07, 6.45) is -0.139. The van der Waals surface area contributed by atoms with Crippen LogP contribution in [-0.2, 0) is 16.1 Å². The van der Waals surface area contributed by atoms with Crippen LogP contribution in [0.1, 0.15) is 46.1 Å². The zero-order valence-electron chi connectivity index (χ0n) is 24.2. The van der Waals surface area contributed by atoms with Gasteiger partial charge in [0, 0.05) is 23.9 Å². The zero-order valence-corrected chi connectivity index (χ0v) is 25.1. The van der Waals surface area contributed by atoms with Crippen LogP contribution in [-0.4, -0.2) is 28.4 Å². The van der Waals surface area contributed by atoms with Crippen molar-refractivity contribution in [2.75, 3.05) is 0 Å². The quantitative estimate of drug-likeness (QED) is 0.189. The number of rotatable bonds is 7. The average Bonchev–Trinajstić information content (AvgIpc) is 2.97. The minimum absolute atomic E-state index is 0.111. The normalized spacial score (nSPS) is 17.1. The second-order valence-corrected chi connectivity index (χ2v) is 15.4. The second-order valence-electron chi connectivity index (χ2n) is 11.9. The van der Waals surface area contributed by atoms with Crippen LogP contribution in [0.3, 0.4) is 0 Å². The third-order valence-electron chi connectivity index (χ3n) is 7.93. The Balaban J connectivity index is 1.39. The SMILES string of the molecule is CC1(C)CC(OC(=O)OCc2ccc([P+](c3ccccc3)(c3ccccc3)c3ccccc3)cc2)CC(C)(C)N1[O-]. The maximum Gasteiger partial charge on any atom is 0.508 e. The van der Waals surface area contributed by atoms with Crippen molar-refractivity contribution in [1.29, 1.82) is 0 Å². The van der Waals surface area contributed by atoms with Crippen LogP contribution in [0.25, 0.3) is 0 Å². The average molecular weight is 568 g/mol. The molecule has 0 aliphatic carbocycles. The molecule has 1 aliphatic heterocycles. The van der Waals surface area contributed by atoms with Gasteiger partial charge in [-0.2, -0.15) is 0 Å². The summed E-state index contributed by atoms with van der Waals surface area (Å²) in [5, 5.41) is 18.8. The van der Waals surface area contributed by atoms with Crippen LogP contribution < -0.4 is 21.2 Å². The van der Waals surface area contributed by atoms with E-state index in [0.29, 0.717) is 12.8 Å². The Morgan fingerprint density at radius 3 is 1.51 bits per heavy atom. The van der Waals surface area contributed by atoms with Crippen LogP contribution in [0.15, 0.2) is 115 Å². The summed E-state index contributed by atoms with van der Waals surface area (Å²) in [5.74, 6) is 0. The molecule has 6 heteroatoms. The van der Waals surface area contributed by atoms with Gasteiger partial charge in [-0.1, -0.05) is 66.7 Å². The van der Waals surface area contributed by atoms with Gasteiger partial charge in [0.1, 0.15) is 41.2 Å². The third kappa shape index (κ3) is 5.94. The minimum Gasteiger partial charge on any atom is -0.784 e. The lowest BCUT2D eigenvalue weighted by Gasteiger charge is -2.59. The van der Waals surface area contributed by atoms with Crippen LogP contribution >= 0.6 is 7.26 Å². The smallest absolute Gasteiger partial charge is 0.508 e. The van der Waals surface area contributed by atoms with E-state index in [0.717, 1.165) is 10.6 Å². The number of hydrogen-bond acceptors (Lipinski definition) is 5. The number of ether oxygens (including phenoxy) is 2. The Kier molecular flexibility index (Phi) is 8.33. The topological polar surface area (TPSA) is 61.8 Å². The molecule has 4 aromatic rings. The fourth-order valence-electron chi connectivity index (χ4n) is 6.23. The summed E-state index contributed by atoms with van der Waals surface area (Å²) in [6, 6.07) is 40.5. The number of hydroxylamine groups is 2. The first kappa shape index (κ1) is 29.0. The van der Waals surface area contributed by atoms with E-state index in [9.17, 15) is 10.0 Å². The van der Waals surface area contributed by atoms with E-state index < -0.39 is 24.5 Å². The van der Waals surface area contributed by atoms with E-state index in [-0.39, 0.29) is 12.7 Å². The lowest BCUT2D eigenvalue weighted by atomic mass is 9.80. The summed E-state index contributed by atoms with van der Waals surface area (Å²) in [6.45, 7) is 7.64. The van der Waals surface area contributed by atoms with E-state index >= 15 is 0 Å². The lowest BCUT2D eigenvalue weighted by Crippen LogP contribution is -2.59. The Bertz CT molecular complexity index is 1330. The lowest BCUT2D eigenvalue weighted by molar-refractivity contribution is -0.0719. The third-order valence-corrected chi connectivity index (χ3v) is 12.2. The van der Waals surface area contributed by atoms with Gasteiger partial charge >= 0.3 is 6.16 Å². The molecule has 4 aromatic carbocycles. The van der Waals surface area contributed by atoms with Crippen molar-refractivity contribution in [3.05, 3.63) is 126 Å². The van der Waals surface area contributed by atoms with Crippen molar-refractivity contribution in [3.8, 4) is 0 Å². The molecule has 1 aliphatic rings. The largest absolute Gasteiger partial charge is 0.784 e. The standard InChI is InChI=1S/C35H38NO4P/c1-34(2)24-28(25-35(3,4)36(34)38)40-33(37)39-26-27-20-22-32(23-21-27)41(29-14-8-5-9-15-29,30-16-10-6-11-17-30)31-18-12-7-13-19-31/h5-23,28H,24-26H2,1-4H3. The highest BCUT2D eigenvalue weighted by molar-refractivity contribution is 8.01. The van der Waals surface area contributed by atoms with Gasteiger partial charge in [0.25, 0.3) is 0 Å². The number of piperidine rings is 1. The van der Waals surface area contributed by atoms with Gasteiger partial charge in [0.05, 0.1) is 0 Å². The molecule has 0 N–H and O–H groups in total. The maximum atomic E-state index is 12.6. The summed E-state index contributed by atoms with van der Waals surface area (Å²) in [4.78, 5) is 12.6. The number of nitrogens with zero attached hydrogens (tertiary/aromatic N) is 1. The molecule has 1 saturated heterocycles. The second kappa shape index (κ2) is 11.8. The minimum atomic E-state index is -2.18. The summed E-state index contributed by atoms with van der Waals surface area (Å²) < 4.78 is 11.2. The van der Waals surface area contributed by atoms with Crippen LogP contribution in [0.4, 0.5) is 4.79 Å². The molecule has 5 rings (SSSR count). The molecule has 0 spiro atoms. The molecule has 0 radical (unpaired) electrons. The molecule has 5 nitrogen and oxygen atoms in total. The van der Waals surface area contributed by atoms with Gasteiger partial charge in [0.15, 0.2) is 0 Å². The van der Waals surface area contributed by atoms with Crippen molar-refractivity contribution in [2.24, 2.45) is 0 Å². The van der Waals surface area contributed by atoms with E-state index in [2.05, 4.69) is 103 Å². The number of carbonyl (C=O) groups is 1. The van der Waals surface area contributed by atoms with E-state index in [1.54, 1.807) is 0 Å². The molecule has 0 atom stereocenters. The summed E-state index contributed by atoms with van der Waals surface area (Å²) in [7, 11) is -2.18. The Morgan fingerprint density at radius 2 is 1.10 bits per heavy atom.